The molecule has 1 N–H and O–H groups in total. The molecule has 0 radical (unpaired) electrons. The lowest BCUT2D eigenvalue weighted by Crippen LogP contribution is -2.40. The molecule has 0 bridgehead atoms. The lowest BCUT2D eigenvalue weighted by molar-refractivity contribution is -0.137. The number of hydrogen-bond donors (Lipinski definition) is 1. The molecule has 9 heteroatoms. The molecule has 1 aromatic heterocycles. The average Bonchev–Trinajstić information content (AvgIpc) is 3.46. The summed E-state index contributed by atoms with van der Waals surface area (Å²) >= 11 is 0. The number of benzene rings is 1. The predicted octanol–water partition coefficient (Wildman–Crippen LogP) is 4.29. The molecule has 2 aromatic rings. The molecule has 190 valence electrons. The van der Waals surface area contributed by atoms with Crippen molar-refractivity contribution in [3.05, 3.63) is 46.8 Å². The van der Waals surface area contributed by atoms with Crippen LogP contribution in [0.25, 0.3) is 0 Å². The molecule has 3 heterocycles. The van der Waals surface area contributed by atoms with Crippen LogP contribution in [0.3, 0.4) is 0 Å². The van der Waals surface area contributed by atoms with Gasteiger partial charge in [0, 0.05) is 49.7 Å². The number of halogens is 3. The lowest BCUT2D eigenvalue weighted by atomic mass is 9.93. The first-order valence-corrected chi connectivity index (χ1v) is 12.8. The van der Waals surface area contributed by atoms with Crippen LogP contribution in [0.2, 0.25) is 0 Å². The normalized spacial score (nSPS) is 19.9. The third-order valence-corrected chi connectivity index (χ3v) is 7.86. The van der Waals surface area contributed by atoms with E-state index in [1.54, 1.807) is 6.07 Å². The van der Waals surface area contributed by atoms with Gasteiger partial charge in [0.15, 0.2) is 5.69 Å². The SMILES string of the molecule is O=C(c1nn(CCC2CCN(c3cccc(C(F)(F)F)c3)CC2)c2c1CCC2)N1CCC(O)CC1. The first-order chi connectivity index (χ1) is 16.8. The molecule has 0 saturated carbocycles. The number of rotatable bonds is 5. The van der Waals surface area contributed by atoms with Crippen LogP contribution in [-0.2, 0) is 25.6 Å². The summed E-state index contributed by atoms with van der Waals surface area (Å²) in [6.45, 7) is 3.40. The molecule has 2 saturated heterocycles. The van der Waals surface area contributed by atoms with Crippen LogP contribution in [0.15, 0.2) is 24.3 Å². The van der Waals surface area contributed by atoms with Crippen molar-refractivity contribution < 1.29 is 23.1 Å². The van der Waals surface area contributed by atoms with Crippen molar-refractivity contribution in [2.45, 2.75) is 70.2 Å². The number of aryl methyl sites for hydroxylation is 1. The molecule has 1 aliphatic carbocycles. The van der Waals surface area contributed by atoms with E-state index in [1.807, 2.05) is 14.5 Å². The monoisotopic (exact) mass is 490 g/mol. The maximum atomic E-state index is 13.1. The summed E-state index contributed by atoms with van der Waals surface area (Å²) in [5, 5.41) is 14.5. The van der Waals surface area contributed by atoms with Gasteiger partial charge in [-0.2, -0.15) is 18.3 Å². The largest absolute Gasteiger partial charge is 0.416 e. The first kappa shape index (κ1) is 24.2. The number of hydrogen-bond acceptors (Lipinski definition) is 4. The van der Waals surface area contributed by atoms with E-state index < -0.39 is 11.7 Å². The van der Waals surface area contributed by atoms with E-state index >= 15 is 0 Å². The molecule has 3 aliphatic rings. The van der Waals surface area contributed by atoms with E-state index in [0.717, 1.165) is 69.8 Å². The van der Waals surface area contributed by atoms with Crippen molar-refractivity contribution in [2.24, 2.45) is 5.92 Å². The first-order valence-electron chi connectivity index (χ1n) is 12.8. The molecule has 5 rings (SSSR count). The van der Waals surface area contributed by atoms with Gasteiger partial charge in [0.05, 0.1) is 11.7 Å². The van der Waals surface area contributed by atoms with Crippen LogP contribution in [0.4, 0.5) is 18.9 Å². The van der Waals surface area contributed by atoms with Gasteiger partial charge in [0.2, 0.25) is 0 Å². The Balaban J connectivity index is 1.18. The summed E-state index contributed by atoms with van der Waals surface area (Å²) in [4.78, 5) is 17.0. The Labute approximate surface area is 203 Å². The lowest BCUT2D eigenvalue weighted by Gasteiger charge is -2.34. The minimum Gasteiger partial charge on any atom is -0.393 e. The van der Waals surface area contributed by atoms with Crippen molar-refractivity contribution in [3.8, 4) is 0 Å². The Morgan fingerprint density at radius 1 is 1.06 bits per heavy atom. The third kappa shape index (κ3) is 5.20. The zero-order chi connectivity index (χ0) is 24.6. The molecule has 1 aromatic carbocycles. The summed E-state index contributed by atoms with van der Waals surface area (Å²) in [6.07, 6.45) is 2.29. The Morgan fingerprint density at radius 3 is 2.51 bits per heavy atom. The number of aliphatic hydroxyl groups excluding tert-OH is 1. The number of aromatic nitrogens is 2. The summed E-state index contributed by atoms with van der Waals surface area (Å²) < 4.78 is 41.2. The number of anilines is 1. The quantitative estimate of drug-likeness (QED) is 0.679. The topological polar surface area (TPSA) is 61.6 Å². The Hall–Kier alpha value is -2.55. The average molecular weight is 491 g/mol. The van der Waals surface area contributed by atoms with Crippen LogP contribution in [-0.4, -0.2) is 58.0 Å². The molecule has 2 fully saturated rings. The van der Waals surface area contributed by atoms with Crippen LogP contribution >= 0.6 is 0 Å². The highest BCUT2D eigenvalue weighted by atomic mass is 19.4. The maximum Gasteiger partial charge on any atom is 0.416 e. The van der Waals surface area contributed by atoms with E-state index in [1.165, 1.54) is 17.8 Å². The second-order valence-corrected chi connectivity index (χ2v) is 10.1. The number of carbonyl (C=O) groups excluding carboxylic acids is 1. The molecule has 6 nitrogen and oxygen atoms in total. The van der Waals surface area contributed by atoms with E-state index in [0.29, 0.717) is 43.2 Å². The predicted molar refractivity (Wildman–Crippen MR) is 126 cm³/mol. The van der Waals surface area contributed by atoms with Crippen molar-refractivity contribution in [2.75, 3.05) is 31.1 Å². The number of aliphatic hydroxyl groups is 1. The Bertz CT molecular complexity index is 1050. The Morgan fingerprint density at radius 2 is 1.80 bits per heavy atom. The third-order valence-electron chi connectivity index (χ3n) is 7.86. The smallest absolute Gasteiger partial charge is 0.393 e. The fourth-order valence-corrected chi connectivity index (χ4v) is 5.75. The highest BCUT2D eigenvalue weighted by Crippen LogP contribution is 2.34. The molecule has 0 atom stereocenters. The van der Waals surface area contributed by atoms with Crippen LogP contribution in [0.5, 0.6) is 0 Å². The number of carbonyl (C=O) groups is 1. The van der Waals surface area contributed by atoms with Gasteiger partial charge in [-0.3, -0.25) is 9.48 Å². The number of piperidine rings is 2. The molecule has 1 amide bonds. The van der Waals surface area contributed by atoms with Crippen LogP contribution < -0.4 is 4.90 Å². The summed E-state index contributed by atoms with van der Waals surface area (Å²) in [6, 6.07) is 5.60. The number of nitrogens with zero attached hydrogens (tertiary/aromatic N) is 4. The highest BCUT2D eigenvalue weighted by molar-refractivity contribution is 5.94. The van der Waals surface area contributed by atoms with Crippen molar-refractivity contribution >= 4 is 11.6 Å². The van der Waals surface area contributed by atoms with E-state index in [2.05, 4.69) is 0 Å². The summed E-state index contributed by atoms with van der Waals surface area (Å²) in [5.74, 6) is 0.476. The standard InChI is InChI=1S/C26H33F3N4O2/c27-26(28,29)19-3-1-4-20(17-19)31-12-7-18(8-13-31)9-16-33-23-6-2-5-22(23)24(30-33)25(35)32-14-10-21(34)11-15-32/h1,3-4,17-18,21,34H,2,5-16H2. The second-order valence-electron chi connectivity index (χ2n) is 10.1. The number of likely N-dealkylation sites (tertiary alicyclic amines) is 1. The fraction of sp³-hybridized carbons (Fsp3) is 0.615. The van der Waals surface area contributed by atoms with Gasteiger partial charge in [0.1, 0.15) is 0 Å². The van der Waals surface area contributed by atoms with E-state index in [9.17, 15) is 23.1 Å². The fourth-order valence-electron chi connectivity index (χ4n) is 5.75. The van der Waals surface area contributed by atoms with Crippen molar-refractivity contribution in [1.82, 2.24) is 14.7 Å². The van der Waals surface area contributed by atoms with Gasteiger partial charge in [0.25, 0.3) is 5.91 Å². The molecular formula is C26H33F3N4O2. The van der Waals surface area contributed by atoms with Gasteiger partial charge < -0.3 is 14.9 Å². The van der Waals surface area contributed by atoms with Crippen molar-refractivity contribution in [1.29, 1.82) is 0 Å². The van der Waals surface area contributed by atoms with Gasteiger partial charge >= 0.3 is 6.18 Å². The second kappa shape index (κ2) is 9.84. The van der Waals surface area contributed by atoms with Gasteiger partial charge in [-0.1, -0.05) is 6.07 Å². The molecule has 2 aliphatic heterocycles. The van der Waals surface area contributed by atoms with Crippen LogP contribution in [0, 0.1) is 5.92 Å². The number of alkyl halides is 3. The minimum absolute atomic E-state index is 0.0109. The maximum absolute atomic E-state index is 13.1. The zero-order valence-electron chi connectivity index (χ0n) is 19.9. The zero-order valence-corrected chi connectivity index (χ0v) is 19.9. The molecule has 0 unspecified atom stereocenters. The summed E-state index contributed by atoms with van der Waals surface area (Å²) in [5.41, 5.74) is 2.91. The highest BCUT2D eigenvalue weighted by Gasteiger charge is 2.32. The van der Waals surface area contributed by atoms with Gasteiger partial charge in [-0.15, -0.1) is 0 Å². The number of fused-ring (bicyclic) bond motifs is 1. The van der Waals surface area contributed by atoms with Crippen LogP contribution in [0.1, 0.15) is 65.8 Å². The van der Waals surface area contributed by atoms with Crippen molar-refractivity contribution in [3.63, 3.8) is 0 Å². The summed E-state index contributed by atoms with van der Waals surface area (Å²) in [7, 11) is 0. The van der Waals surface area contributed by atoms with Gasteiger partial charge in [-0.05, 0) is 75.5 Å². The van der Waals surface area contributed by atoms with E-state index in [-0.39, 0.29) is 12.0 Å². The molecule has 0 spiro atoms. The molecular weight excluding hydrogens is 457 g/mol. The minimum atomic E-state index is -4.33. The Kier molecular flexibility index (Phi) is 6.79. The van der Waals surface area contributed by atoms with Gasteiger partial charge in [-0.25, -0.2) is 0 Å². The molecule has 35 heavy (non-hydrogen) atoms. The number of amides is 1. The van der Waals surface area contributed by atoms with E-state index in [4.69, 9.17) is 5.10 Å².